The highest BCUT2D eigenvalue weighted by atomic mass is 16.5. The van der Waals surface area contributed by atoms with E-state index in [4.69, 9.17) is 9.47 Å². The number of hydrogen-bond donors (Lipinski definition) is 0. The van der Waals surface area contributed by atoms with Crippen molar-refractivity contribution in [3.8, 4) is 11.5 Å². The van der Waals surface area contributed by atoms with Crippen molar-refractivity contribution in [2.75, 3.05) is 7.11 Å². The average molecular weight is 262 g/mol. The second-order valence-corrected chi connectivity index (χ2v) is 5.06. The Labute approximate surface area is 112 Å². The fraction of sp³-hybridized carbons (Fsp3) is 0.467. The maximum absolute atomic E-state index is 12.2. The highest BCUT2D eigenvalue weighted by Gasteiger charge is 2.41. The molecule has 1 saturated carbocycles. The number of Topliss-reactive ketones (excluding diaryl/α,β-unsaturated/α-hetero) is 1. The van der Waals surface area contributed by atoms with E-state index in [1.807, 2.05) is 6.92 Å². The zero-order chi connectivity index (χ0) is 14.0. The molecule has 0 spiro atoms. The third-order valence-electron chi connectivity index (χ3n) is 3.73. The van der Waals surface area contributed by atoms with E-state index < -0.39 is 5.41 Å². The summed E-state index contributed by atoms with van der Waals surface area (Å²) in [4.78, 5) is 23.3. The third-order valence-corrected chi connectivity index (χ3v) is 3.73. The van der Waals surface area contributed by atoms with Crippen LogP contribution in [-0.4, -0.2) is 18.9 Å². The highest BCUT2D eigenvalue weighted by molar-refractivity contribution is 5.92. The van der Waals surface area contributed by atoms with Crippen LogP contribution < -0.4 is 9.47 Å². The van der Waals surface area contributed by atoms with Crippen LogP contribution in [0.3, 0.4) is 0 Å². The summed E-state index contributed by atoms with van der Waals surface area (Å²) in [7, 11) is 1.57. The van der Waals surface area contributed by atoms with Crippen LogP contribution in [0.1, 0.15) is 38.7 Å². The molecule has 0 radical (unpaired) electrons. The number of rotatable bonds is 3. The van der Waals surface area contributed by atoms with Gasteiger partial charge in [-0.05, 0) is 38.0 Å². The lowest BCUT2D eigenvalue weighted by Crippen LogP contribution is -2.27. The lowest BCUT2D eigenvalue weighted by atomic mass is 9.79. The molecular weight excluding hydrogens is 244 g/mol. The van der Waals surface area contributed by atoms with Gasteiger partial charge in [-0.15, -0.1) is 0 Å². The van der Waals surface area contributed by atoms with E-state index in [0.717, 1.165) is 18.4 Å². The van der Waals surface area contributed by atoms with Gasteiger partial charge in [0, 0.05) is 18.9 Å². The van der Waals surface area contributed by atoms with E-state index in [1.165, 1.54) is 6.92 Å². The topological polar surface area (TPSA) is 52.6 Å². The van der Waals surface area contributed by atoms with Crippen molar-refractivity contribution in [2.24, 2.45) is 0 Å². The van der Waals surface area contributed by atoms with Crippen molar-refractivity contribution >= 4 is 11.8 Å². The summed E-state index contributed by atoms with van der Waals surface area (Å²) in [6, 6.07) is 5.21. The van der Waals surface area contributed by atoms with Gasteiger partial charge in [-0.1, -0.05) is 0 Å². The number of benzene rings is 1. The molecule has 1 aliphatic rings. The number of hydrogen-bond acceptors (Lipinski definition) is 4. The van der Waals surface area contributed by atoms with Gasteiger partial charge in [-0.25, -0.2) is 0 Å². The quantitative estimate of drug-likeness (QED) is 0.620. The predicted molar refractivity (Wildman–Crippen MR) is 70.5 cm³/mol. The molecule has 0 aliphatic heterocycles. The zero-order valence-corrected chi connectivity index (χ0v) is 11.5. The molecular formula is C15H18O4. The molecule has 0 amide bonds. The molecule has 1 unspecified atom stereocenters. The van der Waals surface area contributed by atoms with E-state index >= 15 is 0 Å². The van der Waals surface area contributed by atoms with Crippen LogP contribution in [0, 0.1) is 0 Å². The molecule has 102 valence electrons. The second kappa shape index (κ2) is 5.03. The average Bonchev–Trinajstić information content (AvgIpc) is 2.70. The summed E-state index contributed by atoms with van der Waals surface area (Å²) in [5, 5.41) is 0. The summed E-state index contributed by atoms with van der Waals surface area (Å²) in [6.45, 7) is 3.26. The summed E-state index contributed by atoms with van der Waals surface area (Å²) in [5.41, 5.74) is 0.156. The minimum absolute atomic E-state index is 0.189. The molecule has 0 aromatic heterocycles. The predicted octanol–water partition coefficient (Wildman–Crippen LogP) is 2.63. The summed E-state index contributed by atoms with van der Waals surface area (Å²) < 4.78 is 10.4. The van der Waals surface area contributed by atoms with E-state index in [1.54, 1.807) is 25.3 Å². The monoisotopic (exact) mass is 262 g/mol. The molecule has 1 aromatic carbocycles. The van der Waals surface area contributed by atoms with Gasteiger partial charge < -0.3 is 9.47 Å². The van der Waals surface area contributed by atoms with Crippen molar-refractivity contribution in [2.45, 2.75) is 38.5 Å². The Kier molecular flexibility index (Phi) is 3.60. The first kappa shape index (κ1) is 13.6. The highest BCUT2D eigenvalue weighted by Crippen LogP contribution is 2.43. The molecule has 0 saturated heterocycles. The molecule has 0 bridgehead atoms. The van der Waals surface area contributed by atoms with E-state index in [-0.39, 0.29) is 11.8 Å². The van der Waals surface area contributed by atoms with Crippen molar-refractivity contribution < 1.29 is 19.1 Å². The number of methoxy groups -OCH3 is 1. The number of esters is 1. The smallest absolute Gasteiger partial charge is 0.308 e. The van der Waals surface area contributed by atoms with Gasteiger partial charge in [0.25, 0.3) is 0 Å². The number of ketones is 1. The van der Waals surface area contributed by atoms with Gasteiger partial charge >= 0.3 is 5.97 Å². The largest absolute Gasteiger partial charge is 0.497 e. The third kappa shape index (κ3) is 2.48. The number of ether oxygens (including phenoxy) is 2. The van der Waals surface area contributed by atoms with Crippen LogP contribution >= 0.6 is 0 Å². The minimum Gasteiger partial charge on any atom is -0.497 e. The van der Waals surface area contributed by atoms with Crippen molar-refractivity contribution in [1.82, 2.24) is 0 Å². The Bertz CT molecular complexity index is 521. The van der Waals surface area contributed by atoms with Crippen LogP contribution in [0.4, 0.5) is 0 Å². The molecule has 0 heterocycles. The van der Waals surface area contributed by atoms with Crippen LogP contribution in [0.2, 0.25) is 0 Å². The molecule has 4 nitrogen and oxygen atoms in total. The fourth-order valence-corrected chi connectivity index (χ4v) is 2.61. The Balaban J connectivity index is 2.51. The Hall–Kier alpha value is -1.84. The molecule has 1 fully saturated rings. The lowest BCUT2D eigenvalue weighted by molar-refractivity contribution is -0.132. The fourth-order valence-electron chi connectivity index (χ4n) is 2.61. The van der Waals surface area contributed by atoms with Gasteiger partial charge in [0.15, 0.2) is 0 Å². The van der Waals surface area contributed by atoms with Crippen molar-refractivity contribution in [3.63, 3.8) is 0 Å². The van der Waals surface area contributed by atoms with Gasteiger partial charge in [-0.2, -0.15) is 0 Å². The Morgan fingerprint density at radius 2 is 2.11 bits per heavy atom. The molecule has 1 aliphatic carbocycles. The maximum atomic E-state index is 12.2. The molecule has 1 aromatic rings. The molecule has 2 rings (SSSR count). The summed E-state index contributed by atoms with van der Waals surface area (Å²) in [5.74, 6) is 0.910. The van der Waals surface area contributed by atoms with Gasteiger partial charge in [0.05, 0.1) is 12.5 Å². The first-order chi connectivity index (χ1) is 8.97. The first-order valence-electron chi connectivity index (χ1n) is 6.37. The van der Waals surface area contributed by atoms with Crippen LogP contribution in [0.15, 0.2) is 18.2 Å². The number of carbonyl (C=O) groups is 2. The van der Waals surface area contributed by atoms with Crippen molar-refractivity contribution in [1.29, 1.82) is 0 Å². The molecule has 4 heteroatoms. The van der Waals surface area contributed by atoms with E-state index in [0.29, 0.717) is 17.9 Å². The standard InChI is InChI=1S/C15H18O4/c1-10(16)19-13-7-6-11(18-3)9-12(13)15(2)8-4-5-14(15)17/h6-7,9H,4-5,8H2,1-3H3. The van der Waals surface area contributed by atoms with E-state index in [9.17, 15) is 9.59 Å². The zero-order valence-electron chi connectivity index (χ0n) is 11.5. The lowest BCUT2D eigenvalue weighted by Gasteiger charge is -2.25. The SMILES string of the molecule is COc1ccc(OC(C)=O)c(C2(C)CCCC2=O)c1. The summed E-state index contributed by atoms with van der Waals surface area (Å²) >= 11 is 0. The van der Waals surface area contributed by atoms with Crippen LogP contribution in [-0.2, 0) is 15.0 Å². The minimum atomic E-state index is -0.584. The Morgan fingerprint density at radius 1 is 1.37 bits per heavy atom. The first-order valence-corrected chi connectivity index (χ1v) is 6.37. The van der Waals surface area contributed by atoms with Gasteiger partial charge in [0.2, 0.25) is 0 Å². The maximum Gasteiger partial charge on any atom is 0.308 e. The van der Waals surface area contributed by atoms with Gasteiger partial charge in [0.1, 0.15) is 17.3 Å². The summed E-state index contributed by atoms with van der Waals surface area (Å²) in [6.07, 6.45) is 2.21. The molecule has 19 heavy (non-hydrogen) atoms. The van der Waals surface area contributed by atoms with Crippen LogP contribution in [0.25, 0.3) is 0 Å². The normalized spacial score (nSPS) is 22.4. The number of carbonyl (C=O) groups excluding carboxylic acids is 2. The van der Waals surface area contributed by atoms with E-state index in [2.05, 4.69) is 0 Å². The molecule has 0 N–H and O–H groups in total. The van der Waals surface area contributed by atoms with Gasteiger partial charge in [-0.3, -0.25) is 9.59 Å². The Morgan fingerprint density at radius 3 is 2.63 bits per heavy atom. The second-order valence-electron chi connectivity index (χ2n) is 5.06. The van der Waals surface area contributed by atoms with Crippen molar-refractivity contribution in [3.05, 3.63) is 23.8 Å². The van der Waals surface area contributed by atoms with Crippen LogP contribution in [0.5, 0.6) is 11.5 Å². The molecule has 1 atom stereocenters.